The molecule has 1 fully saturated rings. The van der Waals surface area contributed by atoms with Gasteiger partial charge in [0, 0.05) is 29.4 Å². The summed E-state index contributed by atoms with van der Waals surface area (Å²) in [6.45, 7) is 0.317. The number of hydrogen-bond acceptors (Lipinski definition) is 3. The molecule has 1 aliphatic carbocycles. The van der Waals surface area contributed by atoms with Crippen LogP contribution >= 0.6 is 0 Å². The zero-order valence-electron chi connectivity index (χ0n) is 20.3. The summed E-state index contributed by atoms with van der Waals surface area (Å²) in [6.07, 6.45) is -2.13. The number of carbonyl (C=O) groups is 3. The first-order valence-corrected chi connectivity index (χ1v) is 12.4. The minimum Gasteiger partial charge on any atom is -0.481 e. The number of rotatable bonds is 5. The molecule has 1 aliphatic heterocycles. The summed E-state index contributed by atoms with van der Waals surface area (Å²) >= 11 is 0. The summed E-state index contributed by atoms with van der Waals surface area (Å²) < 4.78 is 39.6. The molecular weight excluding hydrogens is 497 g/mol. The summed E-state index contributed by atoms with van der Waals surface area (Å²) in [5, 5.41) is 12.0. The molecule has 0 spiro atoms. The Bertz CT molecular complexity index is 1380. The van der Waals surface area contributed by atoms with E-state index in [0.29, 0.717) is 49.0 Å². The Labute approximate surface area is 217 Å². The van der Waals surface area contributed by atoms with Gasteiger partial charge >= 0.3 is 18.2 Å². The van der Waals surface area contributed by atoms with E-state index in [0.717, 1.165) is 23.3 Å². The number of ketones is 1. The molecule has 1 saturated carbocycles. The second-order valence-electron chi connectivity index (χ2n) is 9.67. The molecular formula is C29H25F3N2O4. The van der Waals surface area contributed by atoms with Gasteiger partial charge in [-0.25, -0.2) is 4.79 Å². The van der Waals surface area contributed by atoms with Gasteiger partial charge in [-0.2, -0.15) is 13.2 Å². The molecule has 0 aromatic heterocycles. The van der Waals surface area contributed by atoms with Gasteiger partial charge in [0.2, 0.25) is 0 Å². The van der Waals surface area contributed by atoms with Crippen molar-refractivity contribution >= 4 is 29.2 Å². The number of hydrogen-bond donors (Lipinski definition) is 2. The number of carbonyl (C=O) groups excluding carboxylic acids is 2. The molecule has 3 aromatic carbocycles. The second kappa shape index (κ2) is 9.96. The summed E-state index contributed by atoms with van der Waals surface area (Å²) in [5.41, 5.74) is 2.83. The number of fused-ring (bicyclic) bond motifs is 1. The van der Waals surface area contributed by atoms with E-state index < -0.39 is 35.6 Å². The second-order valence-corrected chi connectivity index (χ2v) is 9.67. The van der Waals surface area contributed by atoms with Gasteiger partial charge in [-0.1, -0.05) is 42.5 Å². The molecule has 2 aliphatic rings. The number of halogens is 3. The van der Waals surface area contributed by atoms with Gasteiger partial charge in [-0.3, -0.25) is 14.5 Å². The highest BCUT2D eigenvalue weighted by molar-refractivity contribution is 6.03. The Kier molecular flexibility index (Phi) is 6.69. The fraction of sp³-hybridized carbons (Fsp3) is 0.276. The molecule has 2 amide bonds. The summed E-state index contributed by atoms with van der Waals surface area (Å²) in [5.74, 6) is -2.19. The van der Waals surface area contributed by atoms with Crippen LogP contribution < -0.4 is 10.2 Å². The number of aliphatic carboxylic acids is 1. The Morgan fingerprint density at radius 2 is 1.50 bits per heavy atom. The largest absolute Gasteiger partial charge is 0.481 e. The molecule has 3 aromatic rings. The molecule has 2 atom stereocenters. The zero-order valence-corrected chi connectivity index (χ0v) is 20.3. The number of anilines is 2. The highest BCUT2D eigenvalue weighted by Crippen LogP contribution is 2.38. The number of nitrogens with zero attached hydrogens (tertiary/aromatic N) is 1. The number of benzene rings is 3. The number of carboxylic acid groups (broad SMARTS) is 1. The number of urea groups is 1. The molecule has 38 heavy (non-hydrogen) atoms. The average molecular weight is 523 g/mol. The normalized spacial score (nSPS) is 18.8. The number of nitrogens with one attached hydrogen (secondary N) is 1. The van der Waals surface area contributed by atoms with E-state index in [-0.39, 0.29) is 11.5 Å². The molecule has 0 saturated heterocycles. The van der Waals surface area contributed by atoms with E-state index in [4.69, 9.17) is 0 Å². The monoisotopic (exact) mass is 522 g/mol. The maximum atomic E-state index is 13.2. The van der Waals surface area contributed by atoms with Crippen molar-refractivity contribution in [2.24, 2.45) is 11.8 Å². The number of alkyl halides is 3. The smallest absolute Gasteiger partial charge is 0.416 e. The van der Waals surface area contributed by atoms with Crippen LogP contribution in [-0.2, 0) is 17.4 Å². The first-order valence-electron chi connectivity index (χ1n) is 12.4. The topological polar surface area (TPSA) is 86.7 Å². The van der Waals surface area contributed by atoms with Crippen molar-refractivity contribution < 1.29 is 32.7 Å². The third-order valence-electron chi connectivity index (χ3n) is 7.34. The molecule has 9 heteroatoms. The van der Waals surface area contributed by atoms with Crippen LogP contribution in [0.25, 0.3) is 11.1 Å². The zero-order chi connectivity index (χ0) is 27.0. The SMILES string of the molecule is O=C(O)C1CCC1C(=O)c1ccc(-c2ccc(NC(=O)N3CCCc4ccc(C(F)(F)F)cc43)cc2)cc1. The van der Waals surface area contributed by atoms with Crippen molar-refractivity contribution in [2.75, 3.05) is 16.8 Å². The Morgan fingerprint density at radius 3 is 2.08 bits per heavy atom. The van der Waals surface area contributed by atoms with Gasteiger partial charge in [0.1, 0.15) is 0 Å². The number of Topliss-reactive ketones (excluding diaryl/α,β-unsaturated/α-hetero) is 1. The molecule has 0 bridgehead atoms. The van der Waals surface area contributed by atoms with Crippen molar-refractivity contribution in [3.63, 3.8) is 0 Å². The summed E-state index contributed by atoms with van der Waals surface area (Å²) in [6, 6.07) is 17.0. The van der Waals surface area contributed by atoms with Crippen molar-refractivity contribution in [1.82, 2.24) is 0 Å². The lowest BCUT2D eigenvalue weighted by Gasteiger charge is -2.32. The number of carboxylic acids is 1. The lowest BCUT2D eigenvalue weighted by Crippen LogP contribution is -2.38. The maximum Gasteiger partial charge on any atom is 0.416 e. The fourth-order valence-electron chi connectivity index (χ4n) is 5.05. The first-order chi connectivity index (χ1) is 18.1. The predicted octanol–water partition coefficient (Wildman–Crippen LogP) is 6.65. The molecule has 2 N–H and O–H groups in total. The van der Waals surface area contributed by atoms with Crippen molar-refractivity contribution in [3.05, 3.63) is 83.4 Å². The van der Waals surface area contributed by atoms with Crippen molar-refractivity contribution in [2.45, 2.75) is 31.9 Å². The van der Waals surface area contributed by atoms with Crippen LogP contribution in [0.5, 0.6) is 0 Å². The van der Waals surface area contributed by atoms with Crippen molar-refractivity contribution in [3.8, 4) is 11.1 Å². The van der Waals surface area contributed by atoms with Crippen LogP contribution in [0, 0.1) is 11.8 Å². The van der Waals surface area contributed by atoms with Crippen LogP contribution in [0.15, 0.2) is 66.7 Å². The van der Waals surface area contributed by atoms with Crippen molar-refractivity contribution in [1.29, 1.82) is 0 Å². The van der Waals surface area contributed by atoms with Crippen LogP contribution in [0.1, 0.15) is 40.7 Å². The van der Waals surface area contributed by atoms with Gasteiger partial charge in [0.25, 0.3) is 0 Å². The van der Waals surface area contributed by atoms with Gasteiger partial charge in [-0.15, -0.1) is 0 Å². The average Bonchev–Trinajstić information content (AvgIpc) is 2.87. The van der Waals surface area contributed by atoms with E-state index in [1.54, 1.807) is 48.5 Å². The first kappa shape index (κ1) is 25.5. The van der Waals surface area contributed by atoms with E-state index in [9.17, 15) is 32.7 Å². The Balaban J connectivity index is 1.26. The number of amides is 2. The van der Waals surface area contributed by atoms with E-state index in [1.165, 1.54) is 11.0 Å². The van der Waals surface area contributed by atoms with Crippen LogP contribution in [0.4, 0.5) is 29.3 Å². The van der Waals surface area contributed by atoms with Gasteiger partial charge in [0.15, 0.2) is 5.78 Å². The van der Waals surface area contributed by atoms with E-state index in [1.807, 2.05) is 0 Å². The minimum absolute atomic E-state index is 0.157. The van der Waals surface area contributed by atoms with Gasteiger partial charge < -0.3 is 10.4 Å². The third-order valence-corrected chi connectivity index (χ3v) is 7.34. The highest BCUT2D eigenvalue weighted by Gasteiger charge is 2.41. The Morgan fingerprint density at radius 1 is 0.868 bits per heavy atom. The van der Waals surface area contributed by atoms with Crippen LogP contribution in [0.3, 0.4) is 0 Å². The fourth-order valence-corrected chi connectivity index (χ4v) is 5.05. The molecule has 5 rings (SSSR count). The van der Waals surface area contributed by atoms with Gasteiger partial charge in [-0.05, 0) is 66.6 Å². The summed E-state index contributed by atoms with van der Waals surface area (Å²) in [4.78, 5) is 38.2. The minimum atomic E-state index is -4.49. The van der Waals surface area contributed by atoms with E-state index in [2.05, 4.69) is 5.32 Å². The molecule has 196 valence electrons. The highest BCUT2D eigenvalue weighted by atomic mass is 19.4. The Hall–Kier alpha value is -4.14. The third kappa shape index (κ3) is 5.01. The summed E-state index contributed by atoms with van der Waals surface area (Å²) in [7, 11) is 0. The molecule has 0 radical (unpaired) electrons. The van der Waals surface area contributed by atoms with Crippen LogP contribution in [-0.4, -0.2) is 29.4 Å². The molecule has 1 heterocycles. The standard InChI is InChI=1S/C29H25F3N2O4/c30-29(31,32)21-10-7-19-2-1-15-34(25(19)16-21)28(38)33-22-11-8-18(9-12-22)17-3-5-20(6-4-17)26(35)23-13-14-24(23)27(36)37/h3-12,16,23-24H,1-2,13-15H2,(H,33,38)(H,36,37). The molecule has 6 nitrogen and oxygen atoms in total. The quantitative estimate of drug-likeness (QED) is 0.367. The van der Waals surface area contributed by atoms with Crippen LogP contribution in [0.2, 0.25) is 0 Å². The van der Waals surface area contributed by atoms with E-state index >= 15 is 0 Å². The lowest BCUT2D eigenvalue weighted by molar-refractivity contribution is -0.146. The lowest BCUT2D eigenvalue weighted by atomic mass is 9.70. The molecule has 2 unspecified atom stereocenters. The maximum absolute atomic E-state index is 13.2. The predicted molar refractivity (Wildman–Crippen MR) is 136 cm³/mol. The number of aryl methyl sites for hydroxylation is 1. The van der Waals surface area contributed by atoms with Gasteiger partial charge in [0.05, 0.1) is 11.5 Å².